The van der Waals surface area contributed by atoms with Crippen LogP contribution >= 0.6 is 34.8 Å². The quantitative estimate of drug-likeness (QED) is 0.364. The van der Waals surface area contributed by atoms with Gasteiger partial charge >= 0.3 is 0 Å². The van der Waals surface area contributed by atoms with Crippen molar-refractivity contribution in [1.29, 1.82) is 0 Å². The van der Waals surface area contributed by atoms with Gasteiger partial charge in [0.2, 0.25) is 0 Å². The monoisotopic (exact) mass is 394 g/mol. The Hall–Kier alpha value is -1.75. The molecule has 25 heavy (non-hydrogen) atoms. The highest BCUT2D eigenvalue weighted by molar-refractivity contribution is 6.35. The summed E-state index contributed by atoms with van der Waals surface area (Å²) in [5, 5.41) is 16.5. The molecule has 0 saturated heterocycles. The topological polar surface area (TPSA) is 55.2 Å². The third kappa shape index (κ3) is 2.69. The van der Waals surface area contributed by atoms with E-state index in [0.717, 1.165) is 12.0 Å². The Balaban J connectivity index is 1.89. The lowest BCUT2D eigenvalue weighted by Gasteiger charge is -2.37. The molecule has 0 unspecified atom stereocenters. The molecule has 0 amide bonds. The van der Waals surface area contributed by atoms with Crippen molar-refractivity contribution >= 4 is 46.2 Å². The number of nitrogens with zero attached hydrogens (tertiary/aromatic N) is 1. The molecule has 2 aromatic carbocycles. The van der Waals surface area contributed by atoms with Gasteiger partial charge < -0.3 is 5.32 Å². The predicted molar refractivity (Wildman–Crippen MR) is 101 cm³/mol. The van der Waals surface area contributed by atoms with Gasteiger partial charge in [0.05, 0.1) is 27.2 Å². The summed E-state index contributed by atoms with van der Waals surface area (Å²) in [4.78, 5) is 11.1. The maximum atomic E-state index is 11.5. The highest BCUT2D eigenvalue weighted by Gasteiger charge is 2.42. The summed E-state index contributed by atoms with van der Waals surface area (Å²) in [6.45, 7) is 0. The number of anilines is 1. The lowest BCUT2D eigenvalue weighted by atomic mass is 9.76. The van der Waals surface area contributed by atoms with E-state index in [-0.39, 0.29) is 28.5 Å². The van der Waals surface area contributed by atoms with Gasteiger partial charge in [-0.15, -0.1) is 0 Å². The third-order valence-electron chi connectivity index (χ3n) is 4.94. The molecule has 7 heteroatoms. The van der Waals surface area contributed by atoms with Gasteiger partial charge in [-0.25, -0.2) is 0 Å². The zero-order valence-electron chi connectivity index (χ0n) is 12.9. The van der Waals surface area contributed by atoms with Crippen LogP contribution in [0.4, 0.5) is 11.4 Å². The van der Waals surface area contributed by atoms with E-state index >= 15 is 0 Å². The second-order valence-electron chi connectivity index (χ2n) is 6.25. The highest BCUT2D eigenvalue weighted by Crippen LogP contribution is 2.54. The normalized spacial score (nSPS) is 23.7. The number of hydrogen-bond donors (Lipinski definition) is 1. The number of allylic oxidation sites excluding steroid dienone is 2. The molecule has 1 N–H and O–H groups in total. The average molecular weight is 396 g/mol. The number of nitro benzene ring substituents is 1. The van der Waals surface area contributed by atoms with E-state index in [0.29, 0.717) is 26.3 Å². The van der Waals surface area contributed by atoms with Gasteiger partial charge in [-0.05, 0) is 36.1 Å². The lowest BCUT2D eigenvalue weighted by Crippen LogP contribution is -2.30. The average Bonchev–Trinajstić information content (AvgIpc) is 3.04. The predicted octanol–water partition coefficient (Wildman–Crippen LogP) is 6.38. The summed E-state index contributed by atoms with van der Waals surface area (Å²) >= 11 is 18.8. The van der Waals surface area contributed by atoms with Crippen molar-refractivity contribution in [2.75, 3.05) is 5.32 Å². The van der Waals surface area contributed by atoms with Crippen LogP contribution in [0.2, 0.25) is 15.1 Å². The van der Waals surface area contributed by atoms with Crippen LogP contribution in [-0.4, -0.2) is 4.92 Å². The number of nitrogens with one attached hydrogen (secondary N) is 1. The minimum Gasteiger partial charge on any atom is -0.376 e. The van der Waals surface area contributed by atoms with E-state index in [9.17, 15) is 10.1 Å². The fourth-order valence-corrected chi connectivity index (χ4v) is 4.62. The van der Waals surface area contributed by atoms with Crippen molar-refractivity contribution < 1.29 is 4.92 Å². The summed E-state index contributed by atoms with van der Waals surface area (Å²) in [6, 6.07) is 8.34. The van der Waals surface area contributed by atoms with Gasteiger partial charge in [0, 0.05) is 22.0 Å². The standard InChI is InChI=1S/C18H13Cl3N2O2/c19-9-4-5-12(14(21)8-9)17-11-3-1-2-10(11)16-15(23(24)25)7-6-13(20)18(16)22-17/h1-2,4-8,10-11,17,22H,3H2/t10-,11-,17-/m0/s1. The van der Waals surface area contributed by atoms with E-state index in [1.165, 1.54) is 6.07 Å². The van der Waals surface area contributed by atoms with E-state index in [1.54, 1.807) is 18.2 Å². The molecule has 0 bridgehead atoms. The van der Waals surface area contributed by atoms with Crippen molar-refractivity contribution in [3.05, 3.63) is 78.8 Å². The SMILES string of the molecule is O=[N+]([O-])c1ccc(Cl)c2c1[C@H]1C=CC[C@@H]1[C@@H](c1ccc(Cl)cc1Cl)N2. The molecule has 1 aliphatic carbocycles. The van der Waals surface area contributed by atoms with Gasteiger partial charge in [-0.3, -0.25) is 10.1 Å². The zero-order chi connectivity index (χ0) is 17.7. The summed E-state index contributed by atoms with van der Waals surface area (Å²) in [7, 11) is 0. The van der Waals surface area contributed by atoms with E-state index in [2.05, 4.69) is 11.4 Å². The van der Waals surface area contributed by atoms with Crippen molar-refractivity contribution in [2.45, 2.75) is 18.4 Å². The Kier molecular flexibility index (Phi) is 4.14. The van der Waals surface area contributed by atoms with E-state index in [1.807, 2.05) is 12.1 Å². The Morgan fingerprint density at radius 2 is 1.92 bits per heavy atom. The molecule has 3 atom stereocenters. The summed E-state index contributed by atoms with van der Waals surface area (Å²) in [5.41, 5.74) is 2.27. The molecular weight excluding hydrogens is 383 g/mol. The highest BCUT2D eigenvalue weighted by atomic mass is 35.5. The second-order valence-corrected chi connectivity index (χ2v) is 7.50. The van der Waals surface area contributed by atoms with Crippen LogP contribution in [0.3, 0.4) is 0 Å². The number of nitro groups is 1. The first kappa shape index (κ1) is 16.7. The Bertz CT molecular complexity index is 913. The molecule has 4 nitrogen and oxygen atoms in total. The van der Waals surface area contributed by atoms with Crippen LogP contribution in [0, 0.1) is 16.0 Å². The summed E-state index contributed by atoms with van der Waals surface area (Å²) < 4.78 is 0. The second kappa shape index (κ2) is 6.20. The van der Waals surface area contributed by atoms with Crippen molar-refractivity contribution in [1.82, 2.24) is 0 Å². The summed E-state index contributed by atoms with van der Waals surface area (Å²) in [6.07, 6.45) is 4.91. The smallest absolute Gasteiger partial charge is 0.275 e. The molecule has 0 radical (unpaired) electrons. The van der Waals surface area contributed by atoms with Crippen LogP contribution in [0.5, 0.6) is 0 Å². The molecule has 128 valence electrons. The van der Waals surface area contributed by atoms with Crippen LogP contribution in [0.15, 0.2) is 42.5 Å². The van der Waals surface area contributed by atoms with Gasteiger partial charge in [-0.1, -0.05) is 53.0 Å². The molecule has 0 aromatic heterocycles. The Morgan fingerprint density at radius 1 is 1.12 bits per heavy atom. The molecule has 0 spiro atoms. The Labute approximate surface area is 159 Å². The zero-order valence-corrected chi connectivity index (χ0v) is 15.1. The lowest BCUT2D eigenvalue weighted by molar-refractivity contribution is -0.385. The van der Waals surface area contributed by atoms with Crippen LogP contribution in [-0.2, 0) is 0 Å². The first-order chi connectivity index (χ1) is 12.0. The van der Waals surface area contributed by atoms with Gasteiger partial charge in [-0.2, -0.15) is 0 Å². The molecule has 2 aliphatic rings. The van der Waals surface area contributed by atoms with Crippen LogP contribution in [0.1, 0.15) is 29.5 Å². The number of benzene rings is 2. The van der Waals surface area contributed by atoms with E-state index in [4.69, 9.17) is 34.8 Å². The molecule has 1 aliphatic heterocycles. The number of halogens is 3. The third-order valence-corrected chi connectivity index (χ3v) is 5.82. The molecule has 1 heterocycles. The number of fused-ring (bicyclic) bond motifs is 3. The first-order valence-corrected chi connectivity index (χ1v) is 8.95. The maximum Gasteiger partial charge on any atom is 0.275 e. The van der Waals surface area contributed by atoms with Gasteiger partial charge in [0.15, 0.2) is 0 Å². The molecule has 2 aromatic rings. The Morgan fingerprint density at radius 3 is 2.64 bits per heavy atom. The molecular formula is C18H13Cl3N2O2. The fraction of sp³-hybridized carbons (Fsp3) is 0.222. The first-order valence-electron chi connectivity index (χ1n) is 7.82. The van der Waals surface area contributed by atoms with Gasteiger partial charge in [0.1, 0.15) is 0 Å². The maximum absolute atomic E-state index is 11.5. The fourth-order valence-electron chi connectivity index (χ4n) is 3.88. The minimum atomic E-state index is -0.352. The number of hydrogen-bond acceptors (Lipinski definition) is 3. The molecule has 4 rings (SSSR count). The minimum absolute atomic E-state index is 0.0768. The largest absolute Gasteiger partial charge is 0.376 e. The van der Waals surface area contributed by atoms with Crippen molar-refractivity contribution in [3.8, 4) is 0 Å². The van der Waals surface area contributed by atoms with Crippen molar-refractivity contribution in [3.63, 3.8) is 0 Å². The van der Waals surface area contributed by atoms with Crippen LogP contribution < -0.4 is 5.32 Å². The van der Waals surface area contributed by atoms with Crippen molar-refractivity contribution in [2.24, 2.45) is 5.92 Å². The van der Waals surface area contributed by atoms with E-state index < -0.39 is 0 Å². The number of rotatable bonds is 2. The summed E-state index contributed by atoms with van der Waals surface area (Å²) in [5.74, 6) is 0.0513. The van der Waals surface area contributed by atoms with Crippen LogP contribution in [0.25, 0.3) is 0 Å². The van der Waals surface area contributed by atoms with Gasteiger partial charge in [0.25, 0.3) is 5.69 Å². The molecule has 0 saturated carbocycles. The molecule has 0 fully saturated rings.